The molecule has 1 N–H and O–H groups in total. The van der Waals surface area contributed by atoms with Gasteiger partial charge < -0.3 is 14.6 Å². The topological polar surface area (TPSA) is 38.7 Å². The molecule has 2 fully saturated rings. The molecule has 0 aromatic heterocycles. The molecule has 0 radical (unpaired) electrons. The summed E-state index contributed by atoms with van der Waals surface area (Å²) in [5.74, 6) is 3.70. The van der Waals surface area contributed by atoms with Gasteiger partial charge in [-0.1, -0.05) is 37.3 Å². The van der Waals surface area contributed by atoms with Gasteiger partial charge in [0, 0.05) is 0 Å². The van der Waals surface area contributed by atoms with Crippen molar-refractivity contribution in [2.24, 2.45) is 17.3 Å². The van der Waals surface area contributed by atoms with E-state index in [0.717, 1.165) is 30.8 Å². The number of benzene rings is 2. The Balaban J connectivity index is 1.43. The molecule has 0 saturated heterocycles. The molecule has 30 heavy (non-hydrogen) atoms. The Morgan fingerprint density at radius 1 is 1.00 bits per heavy atom. The number of aryl methyl sites for hydroxylation is 1. The van der Waals surface area contributed by atoms with Crippen LogP contribution < -0.4 is 9.47 Å². The lowest BCUT2D eigenvalue weighted by atomic mass is 9.55. The van der Waals surface area contributed by atoms with Crippen LogP contribution in [0, 0.1) is 17.3 Å². The molecule has 0 aliphatic heterocycles. The molecule has 0 amide bonds. The smallest absolute Gasteiger partial charge is 0.161 e. The Labute approximate surface area is 180 Å². The molecule has 3 aliphatic rings. The summed E-state index contributed by atoms with van der Waals surface area (Å²) in [6.45, 7) is 5.58. The Hall–Kier alpha value is -2.00. The minimum absolute atomic E-state index is 0.113. The molecular formula is C27H34O3. The molecule has 0 bridgehead atoms. The maximum atomic E-state index is 10.6. The number of hydrogen-bond donors (Lipinski definition) is 1. The van der Waals surface area contributed by atoms with Crippen molar-refractivity contribution >= 4 is 0 Å². The van der Waals surface area contributed by atoms with Crippen molar-refractivity contribution in [1.29, 1.82) is 0 Å². The third kappa shape index (κ3) is 3.32. The summed E-state index contributed by atoms with van der Waals surface area (Å²) in [7, 11) is 0. The van der Waals surface area contributed by atoms with Gasteiger partial charge in [0.15, 0.2) is 11.5 Å². The van der Waals surface area contributed by atoms with E-state index >= 15 is 0 Å². The van der Waals surface area contributed by atoms with Gasteiger partial charge in [-0.15, -0.1) is 0 Å². The fraction of sp³-hybridized carbons (Fsp3) is 0.556. The average Bonchev–Trinajstić information content (AvgIpc) is 3.07. The van der Waals surface area contributed by atoms with Gasteiger partial charge in [0.05, 0.1) is 12.7 Å². The predicted molar refractivity (Wildman–Crippen MR) is 119 cm³/mol. The lowest BCUT2D eigenvalue weighted by molar-refractivity contribution is -0.0226. The van der Waals surface area contributed by atoms with Crippen molar-refractivity contribution in [3.05, 3.63) is 59.2 Å². The van der Waals surface area contributed by atoms with E-state index in [0.29, 0.717) is 31.0 Å². The average molecular weight is 407 g/mol. The molecule has 3 heteroatoms. The van der Waals surface area contributed by atoms with Gasteiger partial charge in [0.25, 0.3) is 0 Å². The number of rotatable bonds is 5. The first kappa shape index (κ1) is 19.9. The summed E-state index contributed by atoms with van der Waals surface area (Å²) in [5.41, 5.74) is 4.21. The van der Waals surface area contributed by atoms with Crippen LogP contribution in [0.5, 0.6) is 11.5 Å². The van der Waals surface area contributed by atoms with Crippen molar-refractivity contribution in [3.63, 3.8) is 0 Å². The van der Waals surface area contributed by atoms with Crippen molar-refractivity contribution in [3.8, 4) is 11.5 Å². The maximum absolute atomic E-state index is 10.6. The van der Waals surface area contributed by atoms with Crippen molar-refractivity contribution < 1.29 is 14.6 Å². The van der Waals surface area contributed by atoms with Gasteiger partial charge in [0.2, 0.25) is 0 Å². The third-order valence-electron chi connectivity index (χ3n) is 8.28. The normalized spacial score (nSPS) is 32.1. The van der Waals surface area contributed by atoms with Crippen LogP contribution in [0.1, 0.15) is 68.6 Å². The van der Waals surface area contributed by atoms with Crippen LogP contribution in [-0.4, -0.2) is 17.8 Å². The minimum Gasteiger partial charge on any atom is -0.490 e. The summed E-state index contributed by atoms with van der Waals surface area (Å²) in [4.78, 5) is 0. The summed E-state index contributed by atoms with van der Waals surface area (Å²) in [6, 6.07) is 14.8. The van der Waals surface area contributed by atoms with Crippen LogP contribution in [0.4, 0.5) is 0 Å². The largest absolute Gasteiger partial charge is 0.490 e. The van der Waals surface area contributed by atoms with E-state index in [9.17, 15) is 5.11 Å². The van der Waals surface area contributed by atoms with Crippen LogP contribution >= 0.6 is 0 Å². The molecule has 160 valence electrons. The van der Waals surface area contributed by atoms with Gasteiger partial charge in [-0.3, -0.25) is 0 Å². The monoisotopic (exact) mass is 406 g/mol. The first-order chi connectivity index (χ1) is 14.6. The molecule has 5 rings (SSSR count). The maximum Gasteiger partial charge on any atom is 0.161 e. The summed E-state index contributed by atoms with van der Waals surface area (Å²) in [5, 5.41) is 10.6. The molecule has 0 heterocycles. The number of aliphatic hydroxyl groups is 1. The summed E-state index contributed by atoms with van der Waals surface area (Å²) >= 11 is 0. The Morgan fingerprint density at radius 3 is 2.60 bits per heavy atom. The number of fused-ring (bicyclic) bond motifs is 5. The zero-order valence-electron chi connectivity index (χ0n) is 18.3. The first-order valence-electron chi connectivity index (χ1n) is 11.7. The first-order valence-corrected chi connectivity index (χ1v) is 11.7. The molecule has 2 aromatic carbocycles. The number of aliphatic hydroxyl groups excluding tert-OH is 1. The van der Waals surface area contributed by atoms with E-state index in [1.54, 1.807) is 0 Å². The number of hydrogen-bond acceptors (Lipinski definition) is 3. The SMILES string of the molecule is CCOc1cc2c(cc1OCc1ccccc1)CC[C@@H]1[C@@H]2CC[C@]2(C)[C@@H](O)CC[C@@H]12. The van der Waals surface area contributed by atoms with Gasteiger partial charge in [-0.05, 0) is 97.4 Å². The summed E-state index contributed by atoms with van der Waals surface area (Å²) < 4.78 is 12.2. The van der Waals surface area contributed by atoms with Crippen LogP contribution in [0.3, 0.4) is 0 Å². The van der Waals surface area contributed by atoms with Gasteiger partial charge in [0.1, 0.15) is 6.61 Å². The second kappa shape index (κ2) is 7.92. The van der Waals surface area contributed by atoms with Crippen molar-refractivity contribution in [2.75, 3.05) is 6.61 Å². The number of ether oxygens (including phenoxy) is 2. The zero-order valence-corrected chi connectivity index (χ0v) is 18.3. The van der Waals surface area contributed by atoms with E-state index in [1.807, 2.05) is 25.1 Å². The van der Waals surface area contributed by atoms with Crippen LogP contribution in [0.25, 0.3) is 0 Å². The molecular weight excluding hydrogens is 372 g/mol. The summed E-state index contributed by atoms with van der Waals surface area (Å²) in [6.07, 6.45) is 6.70. The van der Waals surface area contributed by atoms with E-state index in [1.165, 1.54) is 36.0 Å². The lowest BCUT2D eigenvalue weighted by Crippen LogP contribution is -2.43. The molecule has 0 spiro atoms. The molecule has 0 unspecified atom stereocenters. The fourth-order valence-corrected chi connectivity index (χ4v) is 6.67. The molecule has 2 aromatic rings. The van der Waals surface area contributed by atoms with E-state index in [2.05, 4.69) is 31.2 Å². The van der Waals surface area contributed by atoms with Gasteiger partial charge >= 0.3 is 0 Å². The van der Waals surface area contributed by atoms with Gasteiger partial charge in [-0.2, -0.15) is 0 Å². The highest BCUT2D eigenvalue weighted by molar-refractivity contribution is 5.50. The van der Waals surface area contributed by atoms with E-state index in [4.69, 9.17) is 9.47 Å². The van der Waals surface area contributed by atoms with Crippen LogP contribution in [0.15, 0.2) is 42.5 Å². The standard InChI is InChI=1S/C27H34O3/c1-3-29-25-16-22-19(15-24(25)30-17-18-7-5-4-6-8-18)9-10-21-20(22)13-14-27(2)23(21)11-12-26(27)28/h4-8,15-16,20-21,23,26,28H,3,9-14,17H2,1-2H3/t20-,21+,23-,26-,27-/m0/s1. The van der Waals surface area contributed by atoms with Crippen LogP contribution in [-0.2, 0) is 13.0 Å². The molecule has 3 nitrogen and oxygen atoms in total. The van der Waals surface area contributed by atoms with E-state index in [-0.39, 0.29) is 11.5 Å². The predicted octanol–water partition coefficient (Wildman–Crippen LogP) is 5.88. The van der Waals surface area contributed by atoms with Crippen molar-refractivity contribution in [2.45, 2.75) is 71.0 Å². The third-order valence-corrected chi connectivity index (χ3v) is 8.28. The van der Waals surface area contributed by atoms with E-state index < -0.39 is 0 Å². The quantitative estimate of drug-likeness (QED) is 0.674. The lowest BCUT2D eigenvalue weighted by Gasteiger charge is -2.50. The second-order valence-corrected chi connectivity index (χ2v) is 9.76. The van der Waals surface area contributed by atoms with Crippen molar-refractivity contribution in [1.82, 2.24) is 0 Å². The van der Waals surface area contributed by atoms with Crippen LogP contribution in [0.2, 0.25) is 0 Å². The zero-order chi connectivity index (χ0) is 20.7. The highest BCUT2D eigenvalue weighted by atomic mass is 16.5. The molecule has 2 saturated carbocycles. The Kier molecular flexibility index (Phi) is 5.26. The Morgan fingerprint density at radius 2 is 1.80 bits per heavy atom. The second-order valence-electron chi connectivity index (χ2n) is 9.76. The molecule has 3 aliphatic carbocycles. The highest BCUT2D eigenvalue weighted by Crippen LogP contribution is 2.61. The van der Waals surface area contributed by atoms with Gasteiger partial charge in [-0.25, -0.2) is 0 Å². The highest BCUT2D eigenvalue weighted by Gasteiger charge is 2.54. The molecule has 5 atom stereocenters. The minimum atomic E-state index is -0.113. The fourth-order valence-electron chi connectivity index (χ4n) is 6.67. The Bertz CT molecular complexity index is 892.